The molecule has 1 aromatic carbocycles. The molecule has 1 fully saturated rings. The van der Waals surface area contributed by atoms with Crippen LogP contribution in [0.2, 0.25) is 0 Å². The van der Waals surface area contributed by atoms with Crippen molar-refractivity contribution in [2.75, 3.05) is 37.8 Å². The second-order valence-corrected chi connectivity index (χ2v) is 7.53. The second-order valence-electron chi connectivity index (χ2n) is 7.53. The molecule has 1 aliphatic heterocycles. The van der Waals surface area contributed by atoms with E-state index in [9.17, 15) is 13.2 Å². The fourth-order valence-corrected chi connectivity index (χ4v) is 3.62. The number of anilines is 2. The van der Waals surface area contributed by atoms with E-state index in [1.807, 2.05) is 13.0 Å². The number of benzene rings is 1. The van der Waals surface area contributed by atoms with Crippen LogP contribution in [0.3, 0.4) is 0 Å². The van der Waals surface area contributed by atoms with Crippen molar-refractivity contribution in [1.82, 2.24) is 15.2 Å². The van der Waals surface area contributed by atoms with Crippen LogP contribution >= 0.6 is 0 Å². The Hall–Kier alpha value is -3.18. The van der Waals surface area contributed by atoms with Crippen molar-refractivity contribution in [1.29, 1.82) is 0 Å². The number of halogens is 3. The first kappa shape index (κ1) is 25.1. The van der Waals surface area contributed by atoms with Gasteiger partial charge in [-0.15, -0.1) is 12.8 Å². The van der Waals surface area contributed by atoms with Crippen molar-refractivity contribution in [3.8, 4) is 12.8 Å². The molecule has 0 unspecified atom stereocenters. The van der Waals surface area contributed by atoms with E-state index in [0.717, 1.165) is 31.6 Å². The van der Waals surface area contributed by atoms with Crippen molar-refractivity contribution in [3.63, 3.8) is 0 Å². The smallest absolute Gasteiger partial charge is 0.382 e. The largest absolute Gasteiger partial charge is 0.417 e. The molecule has 32 heavy (non-hydrogen) atoms. The lowest BCUT2D eigenvalue weighted by molar-refractivity contribution is -0.0688. The minimum atomic E-state index is -4.57. The van der Waals surface area contributed by atoms with Crippen LogP contribution in [0.4, 0.5) is 24.7 Å². The summed E-state index contributed by atoms with van der Waals surface area (Å²) in [7, 11) is 3.82. The van der Waals surface area contributed by atoms with Crippen molar-refractivity contribution in [2.45, 2.75) is 32.0 Å². The first-order valence-corrected chi connectivity index (χ1v) is 10.3. The summed E-state index contributed by atoms with van der Waals surface area (Å²) in [6, 6.07) is 7.37. The van der Waals surface area contributed by atoms with Gasteiger partial charge in [-0.1, -0.05) is 18.7 Å². The topological polar surface area (TPSA) is 52.2 Å². The normalized spacial score (nSPS) is 15.6. The summed E-state index contributed by atoms with van der Waals surface area (Å²) in [4.78, 5) is 6.53. The number of allylic oxidation sites excluding steroid dienone is 2. The zero-order chi connectivity index (χ0) is 23.9. The molecule has 8 heteroatoms. The van der Waals surface area contributed by atoms with E-state index in [1.54, 1.807) is 31.3 Å². The average molecular weight is 446 g/mol. The number of rotatable bonds is 6. The summed E-state index contributed by atoms with van der Waals surface area (Å²) in [6.45, 7) is 7.08. The molecule has 2 aromatic rings. The highest BCUT2D eigenvalue weighted by molar-refractivity contribution is 6.01. The van der Waals surface area contributed by atoms with Gasteiger partial charge >= 0.3 is 6.18 Å². The molecule has 0 aliphatic carbocycles. The number of hydrogen-bond acceptors (Lipinski definition) is 5. The molecular formula is C24H30F3N5. The Balaban J connectivity index is 0.00000176. The summed E-state index contributed by atoms with van der Waals surface area (Å²) < 4.78 is 40.5. The van der Waals surface area contributed by atoms with Gasteiger partial charge in [-0.05, 0) is 58.1 Å². The first-order chi connectivity index (χ1) is 15.2. The third kappa shape index (κ3) is 5.95. The first-order valence-electron chi connectivity index (χ1n) is 10.3. The molecule has 3 rings (SSSR count). The number of nitrogens with one attached hydrogen (secondary N) is 3. The highest BCUT2D eigenvalue weighted by atomic mass is 19.4. The lowest BCUT2D eigenvalue weighted by Gasteiger charge is -2.30. The monoisotopic (exact) mass is 445 g/mol. The molecule has 1 aromatic heterocycles. The predicted octanol–water partition coefficient (Wildman–Crippen LogP) is 5.06. The number of likely N-dealkylation sites (tertiary alicyclic amines) is 1. The Morgan fingerprint density at radius 3 is 2.44 bits per heavy atom. The summed E-state index contributed by atoms with van der Waals surface area (Å²) in [6.07, 6.45) is 7.18. The molecule has 5 nitrogen and oxygen atoms in total. The Kier molecular flexibility index (Phi) is 8.56. The van der Waals surface area contributed by atoms with Gasteiger partial charge in [0.25, 0.3) is 0 Å². The minimum absolute atomic E-state index is 0.166. The van der Waals surface area contributed by atoms with Gasteiger partial charge in [0, 0.05) is 29.5 Å². The Morgan fingerprint density at radius 2 is 1.88 bits per heavy atom. The number of aromatic nitrogens is 1. The molecule has 0 radical (unpaired) electrons. The molecular weight excluding hydrogens is 415 g/mol. The Bertz CT molecular complexity index is 986. The van der Waals surface area contributed by atoms with Crippen molar-refractivity contribution in [2.24, 2.45) is 0 Å². The van der Waals surface area contributed by atoms with Gasteiger partial charge in [0.15, 0.2) is 0 Å². The molecule has 1 saturated heterocycles. The van der Waals surface area contributed by atoms with E-state index in [4.69, 9.17) is 0 Å². The van der Waals surface area contributed by atoms with E-state index in [2.05, 4.69) is 52.3 Å². The number of hydrogen-bond donors (Lipinski definition) is 3. The van der Waals surface area contributed by atoms with E-state index in [0.29, 0.717) is 22.4 Å². The third-order valence-corrected chi connectivity index (χ3v) is 5.40. The fourth-order valence-electron chi connectivity index (χ4n) is 3.62. The lowest BCUT2D eigenvalue weighted by atomic mass is 10.0. The van der Waals surface area contributed by atoms with Gasteiger partial charge in [0.2, 0.25) is 0 Å². The van der Waals surface area contributed by atoms with Crippen LogP contribution in [0, 0.1) is 12.8 Å². The molecule has 3 N–H and O–H groups in total. The maximum atomic E-state index is 13.5. The van der Waals surface area contributed by atoms with Crippen molar-refractivity contribution in [3.05, 3.63) is 48.4 Å². The third-order valence-electron chi connectivity index (χ3n) is 5.40. The molecule has 2 heterocycles. The van der Waals surface area contributed by atoms with Crippen LogP contribution in [0.25, 0.3) is 16.3 Å². The summed E-state index contributed by atoms with van der Waals surface area (Å²) in [5.74, 6) is 0.967. The molecule has 172 valence electrons. The van der Waals surface area contributed by atoms with Crippen LogP contribution < -0.4 is 16.0 Å². The summed E-state index contributed by atoms with van der Waals surface area (Å²) >= 11 is 0. The molecule has 0 spiro atoms. The maximum absolute atomic E-state index is 13.5. The van der Waals surface area contributed by atoms with E-state index >= 15 is 0 Å². The Morgan fingerprint density at radius 1 is 1.22 bits per heavy atom. The van der Waals surface area contributed by atoms with Gasteiger partial charge < -0.3 is 20.9 Å². The predicted molar refractivity (Wildman–Crippen MR) is 127 cm³/mol. The van der Waals surface area contributed by atoms with Crippen LogP contribution in [0.5, 0.6) is 0 Å². The number of terminal acetylenes is 1. The fraction of sp³-hybridized carbons (Fsp3) is 0.375. The molecule has 0 bridgehead atoms. The molecule has 0 amide bonds. The van der Waals surface area contributed by atoms with Crippen LogP contribution in [0.1, 0.15) is 25.5 Å². The second kappa shape index (κ2) is 10.9. The van der Waals surface area contributed by atoms with Crippen LogP contribution in [-0.4, -0.2) is 49.3 Å². The number of piperidine rings is 1. The van der Waals surface area contributed by atoms with Gasteiger partial charge in [0.1, 0.15) is 5.82 Å². The van der Waals surface area contributed by atoms with Crippen LogP contribution in [-0.2, 0) is 0 Å². The quantitative estimate of drug-likeness (QED) is 0.543. The van der Waals surface area contributed by atoms with Gasteiger partial charge in [-0.3, -0.25) is 0 Å². The summed E-state index contributed by atoms with van der Waals surface area (Å²) in [5, 5.41) is 10.6. The molecule has 0 saturated carbocycles. The number of alkyl halides is 3. The van der Waals surface area contributed by atoms with Gasteiger partial charge in [-0.25, -0.2) is 4.98 Å². The van der Waals surface area contributed by atoms with Crippen LogP contribution in [0.15, 0.2) is 42.7 Å². The van der Waals surface area contributed by atoms with Crippen molar-refractivity contribution < 1.29 is 13.2 Å². The SMILES string of the molecule is C#C.C=C(c1nc(N/C(=C/C)NC)cc2c(NC3CCN(C)CC3)cccc12)C(F)(F)F. The Labute approximate surface area is 187 Å². The highest BCUT2D eigenvalue weighted by Crippen LogP contribution is 2.38. The standard InChI is InChI=1S/C22H28F3N5.C2H2/c1-5-19(26-3)28-20-13-17-16(21(29-20)14(2)22(23,24)25)7-6-8-18(17)27-15-9-11-30(4)12-10-15;1-2/h5-8,13,15,26-27H,2,9-12H2,1,3-4H3,(H,28,29);1-2H/b19-5+;. The van der Waals surface area contributed by atoms with Crippen molar-refractivity contribution >= 4 is 27.9 Å². The number of nitrogens with zero attached hydrogens (tertiary/aromatic N) is 2. The number of fused-ring (bicyclic) bond motifs is 1. The van der Waals surface area contributed by atoms with E-state index in [1.165, 1.54) is 0 Å². The molecule has 1 aliphatic rings. The van der Waals surface area contributed by atoms with Gasteiger partial charge in [0.05, 0.1) is 17.1 Å². The zero-order valence-corrected chi connectivity index (χ0v) is 18.7. The zero-order valence-electron chi connectivity index (χ0n) is 18.7. The minimum Gasteiger partial charge on any atom is -0.382 e. The summed E-state index contributed by atoms with van der Waals surface area (Å²) in [5.41, 5.74) is -0.324. The maximum Gasteiger partial charge on any atom is 0.417 e. The average Bonchev–Trinajstić information content (AvgIpc) is 2.79. The number of pyridine rings is 1. The van der Waals surface area contributed by atoms with E-state index < -0.39 is 11.7 Å². The highest BCUT2D eigenvalue weighted by Gasteiger charge is 2.35. The molecule has 0 atom stereocenters. The van der Waals surface area contributed by atoms with Gasteiger partial charge in [-0.2, -0.15) is 13.2 Å². The lowest BCUT2D eigenvalue weighted by Crippen LogP contribution is -2.36. The van der Waals surface area contributed by atoms with E-state index in [-0.39, 0.29) is 11.7 Å².